The number of carbonyl (C=O) groups is 1. The van der Waals surface area contributed by atoms with Crippen LogP contribution in [0.25, 0.3) is 28.1 Å². The van der Waals surface area contributed by atoms with E-state index in [2.05, 4.69) is 15.3 Å². The molecule has 0 saturated carbocycles. The molecule has 138 valence electrons. The summed E-state index contributed by atoms with van der Waals surface area (Å²) in [6, 6.07) is 11.6. The van der Waals surface area contributed by atoms with Gasteiger partial charge in [-0.2, -0.15) is 0 Å². The van der Waals surface area contributed by atoms with E-state index in [4.69, 9.17) is 5.11 Å². The number of nitrogens with zero attached hydrogens (tertiary/aromatic N) is 4. The molecule has 0 aliphatic carbocycles. The van der Waals surface area contributed by atoms with E-state index in [1.54, 1.807) is 36.8 Å². The number of aromatic nitrogens is 4. The Morgan fingerprint density at radius 1 is 0.893 bits per heavy atom. The van der Waals surface area contributed by atoms with Crippen LogP contribution in [0, 0.1) is 11.6 Å². The minimum atomic E-state index is -1.00. The highest BCUT2D eigenvalue weighted by Gasteiger charge is 2.10. The molecule has 0 unspecified atom stereocenters. The van der Waals surface area contributed by atoms with Crippen molar-refractivity contribution in [3.05, 3.63) is 84.3 Å². The molecule has 6 nitrogen and oxygen atoms in total. The van der Waals surface area contributed by atoms with Crippen LogP contribution in [0.2, 0.25) is 0 Å². The number of halogens is 2. The highest BCUT2D eigenvalue weighted by Crippen LogP contribution is 2.24. The van der Waals surface area contributed by atoms with E-state index in [0.29, 0.717) is 28.1 Å². The zero-order chi connectivity index (χ0) is 19.7. The van der Waals surface area contributed by atoms with Crippen molar-refractivity contribution in [1.29, 1.82) is 0 Å². The molecule has 0 aliphatic heterocycles. The van der Waals surface area contributed by atoms with Gasteiger partial charge in [0.2, 0.25) is 0 Å². The molecular formula is C20H12F2N4O2. The average molecular weight is 378 g/mol. The van der Waals surface area contributed by atoms with E-state index in [-0.39, 0.29) is 5.56 Å². The lowest BCUT2D eigenvalue weighted by molar-refractivity contribution is 0.0697. The second-order valence-corrected chi connectivity index (χ2v) is 5.99. The van der Waals surface area contributed by atoms with Gasteiger partial charge in [0.1, 0.15) is 5.69 Å². The Morgan fingerprint density at radius 3 is 2.36 bits per heavy atom. The highest BCUT2D eigenvalue weighted by molar-refractivity contribution is 5.88. The molecule has 0 aliphatic rings. The molecule has 4 aromatic rings. The summed E-state index contributed by atoms with van der Waals surface area (Å²) in [4.78, 5) is 15.1. The summed E-state index contributed by atoms with van der Waals surface area (Å²) in [5, 5.41) is 17.1. The number of carboxylic acids is 1. The predicted octanol–water partition coefficient (Wildman–Crippen LogP) is 3.97. The molecule has 0 atom stereocenters. The van der Waals surface area contributed by atoms with Gasteiger partial charge in [0, 0.05) is 17.3 Å². The summed E-state index contributed by atoms with van der Waals surface area (Å²) in [5.41, 5.74) is 3.11. The lowest BCUT2D eigenvalue weighted by Gasteiger charge is -2.05. The fourth-order valence-corrected chi connectivity index (χ4v) is 2.69. The molecule has 0 radical (unpaired) electrons. The number of aromatic carboxylic acids is 1. The van der Waals surface area contributed by atoms with E-state index in [0.717, 1.165) is 12.1 Å². The summed E-state index contributed by atoms with van der Waals surface area (Å²) < 4.78 is 28.1. The standard InChI is InChI=1S/C20H12F2N4O2/c21-17-6-5-14(8-18(17)22)15-7-16(10-23-9-15)26-11-19(24-25-26)12-1-3-13(4-2-12)20(27)28/h1-11H,(H,27,28). The van der Waals surface area contributed by atoms with Crippen molar-refractivity contribution < 1.29 is 18.7 Å². The molecule has 28 heavy (non-hydrogen) atoms. The number of hydrogen-bond donors (Lipinski definition) is 1. The van der Waals surface area contributed by atoms with E-state index in [9.17, 15) is 13.6 Å². The maximum Gasteiger partial charge on any atom is 0.335 e. The minimum absolute atomic E-state index is 0.180. The van der Waals surface area contributed by atoms with Crippen LogP contribution in [0.4, 0.5) is 8.78 Å². The molecule has 0 bridgehead atoms. The minimum Gasteiger partial charge on any atom is -0.478 e. The van der Waals surface area contributed by atoms with Crippen LogP contribution in [0.5, 0.6) is 0 Å². The third kappa shape index (κ3) is 3.35. The molecule has 0 spiro atoms. The Hall–Kier alpha value is -3.94. The molecule has 8 heteroatoms. The van der Waals surface area contributed by atoms with Crippen LogP contribution in [0.1, 0.15) is 10.4 Å². The summed E-state index contributed by atoms with van der Waals surface area (Å²) in [6.07, 6.45) is 4.77. The lowest BCUT2D eigenvalue weighted by atomic mass is 10.1. The Labute approximate surface area is 157 Å². The largest absolute Gasteiger partial charge is 0.478 e. The van der Waals surface area contributed by atoms with Gasteiger partial charge in [-0.15, -0.1) is 5.10 Å². The average Bonchev–Trinajstić information content (AvgIpc) is 3.20. The van der Waals surface area contributed by atoms with Crippen LogP contribution in [0.3, 0.4) is 0 Å². The summed E-state index contributed by atoms with van der Waals surface area (Å²) in [6.45, 7) is 0. The van der Waals surface area contributed by atoms with Gasteiger partial charge in [0.15, 0.2) is 11.6 Å². The first kappa shape index (κ1) is 17.5. The first-order valence-electron chi connectivity index (χ1n) is 8.18. The van der Waals surface area contributed by atoms with Crippen LogP contribution < -0.4 is 0 Å². The van der Waals surface area contributed by atoms with Gasteiger partial charge in [-0.1, -0.05) is 23.4 Å². The number of hydrogen-bond acceptors (Lipinski definition) is 4. The molecule has 2 aromatic carbocycles. The second-order valence-electron chi connectivity index (χ2n) is 5.99. The monoisotopic (exact) mass is 378 g/mol. The lowest BCUT2D eigenvalue weighted by Crippen LogP contribution is -1.96. The van der Waals surface area contributed by atoms with Gasteiger partial charge in [-0.05, 0) is 35.9 Å². The Kier molecular flexibility index (Phi) is 4.36. The zero-order valence-electron chi connectivity index (χ0n) is 14.3. The zero-order valence-corrected chi connectivity index (χ0v) is 14.3. The first-order valence-corrected chi connectivity index (χ1v) is 8.18. The summed E-state index contributed by atoms with van der Waals surface area (Å²) in [7, 11) is 0. The third-order valence-corrected chi connectivity index (χ3v) is 4.16. The maximum absolute atomic E-state index is 13.5. The molecule has 2 aromatic heterocycles. The van der Waals surface area contributed by atoms with Crippen molar-refractivity contribution in [2.45, 2.75) is 0 Å². The normalized spacial score (nSPS) is 10.8. The van der Waals surface area contributed by atoms with Crippen molar-refractivity contribution in [1.82, 2.24) is 20.0 Å². The number of pyridine rings is 1. The first-order chi connectivity index (χ1) is 13.5. The molecule has 0 amide bonds. The van der Waals surface area contributed by atoms with Crippen molar-refractivity contribution in [3.8, 4) is 28.1 Å². The summed E-state index contributed by atoms with van der Waals surface area (Å²) in [5.74, 6) is -2.85. The van der Waals surface area contributed by atoms with Crippen LogP contribution in [0.15, 0.2) is 67.1 Å². The van der Waals surface area contributed by atoms with Gasteiger partial charge in [-0.25, -0.2) is 18.3 Å². The Morgan fingerprint density at radius 2 is 1.64 bits per heavy atom. The molecule has 0 saturated heterocycles. The summed E-state index contributed by atoms with van der Waals surface area (Å²) >= 11 is 0. The molecule has 0 fully saturated rings. The van der Waals surface area contributed by atoms with Crippen LogP contribution in [-0.4, -0.2) is 31.1 Å². The fourth-order valence-electron chi connectivity index (χ4n) is 2.69. The van der Waals surface area contributed by atoms with Gasteiger partial charge in [0.05, 0.1) is 23.6 Å². The van der Waals surface area contributed by atoms with Gasteiger partial charge in [0.25, 0.3) is 0 Å². The molecule has 1 N–H and O–H groups in total. The van der Waals surface area contributed by atoms with Gasteiger partial charge in [-0.3, -0.25) is 4.98 Å². The SMILES string of the molecule is O=C(O)c1ccc(-c2cn(-c3cncc(-c4ccc(F)c(F)c4)c3)nn2)cc1. The number of carboxylic acid groups (broad SMARTS) is 1. The van der Waals surface area contributed by atoms with Crippen molar-refractivity contribution in [2.24, 2.45) is 0 Å². The Bertz CT molecular complexity index is 1170. The third-order valence-electron chi connectivity index (χ3n) is 4.16. The molecule has 4 rings (SSSR count). The molecule has 2 heterocycles. The van der Waals surface area contributed by atoms with Gasteiger partial charge >= 0.3 is 5.97 Å². The van der Waals surface area contributed by atoms with Crippen molar-refractivity contribution in [2.75, 3.05) is 0 Å². The van der Waals surface area contributed by atoms with Crippen LogP contribution in [-0.2, 0) is 0 Å². The maximum atomic E-state index is 13.5. The van der Waals surface area contributed by atoms with E-state index < -0.39 is 17.6 Å². The second kappa shape index (κ2) is 6.99. The quantitative estimate of drug-likeness (QED) is 0.581. The van der Waals surface area contributed by atoms with E-state index >= 15 is 0 Å². The fraction of sp³-hybridized carbons (Fsp3) is 0. The topological polar surface area (TPSA) is 80.9 Å². The highest BCUT2D eigenvalue weighted by atomic mass is 19.2. The number of benzene rings is 2. The smallest absolute Gasteiger partial charge is 0.335 e. The number of rotatable bonds is 4. The van der Waals surface area contributed by atoms with Crippen molar-refractivity contribution in [3.63, 3.8) is 0 Å². The van der Waals surface area contributed by atoms with Crippen molar-refractivity contribution >= 4 is 5.97 Å². The van der Waals surface area contributed by atoms with E-state index in [1.165, 1.54) is 22.9 Å². The van der Waals surface area contributed by atoms with Gasteiger partial charge < -0.3 is 5.11 Å². The molecular weight excluding hydrogens is 366 g/mol. The Balaban J connectivity index is 1.65. The van der Waals surface area contributed by atoms with E-state index in [1.807, 2.05) is 0 Å². The van der Waals surface area contributed by atoms with Crippen LogP contribution >= 0.6 is 0 Å². The predicted molar refractivity (Wildman–Crippen MR) is 96.9 cm³/mol.